The van der Waals surface area contributed by atoms with Gasteiger partial charge in [-0.3, -0.25) is 10.1 Å². The molecule has 0 saturated carbocycles. The lowest BCUT2D eigenvalue weighted by molar-refractivity contribution is -0.384. The van der Waals surface area contributed by atoms with Crippen molar-refractivity contribution in [2.45, 2.75) is 0 Å². The van der Waals surface area contributed by atoms with E-state index in [1.54, 1.807) is 7.11 Å². The molecule has 0 bridgehead atoms. The first-order valence-electron chi connectivity index (χ1n) is 4.00. The number of nitrogens with zero attached hydrogens (tertiary/aromatic N) is 2. The van der Waals surface area contributed by atoms with Gasteiger partial charge in [0.2, 0.25) is 5.82 Å². The number of hydrogen-bond acceptors (Lipinski definition) is 5. The summed E-state index contributed by atoms with van der Waals surface area (Å²) in [6, 6.07) is 2.75. The van der Waals surface area contributed by atoms with Crippen LogP contribution in [0.3, 0.4) is 0 Å². The molecule has 0 aliphatic heterocycles. The lowest BCUT2D eigenvalue weighted by atomic mass is 10.4. The molecule has 0 amide bonds. The Bertz CT molecular complexity index is 316. The first-order chi connectivity index (χ1) is 6.75. The molecule has 14 heavy (non-hydrogen) atoms. The van der Waals surface area contributed by atoms with E-state index < -0.39 is 4.92 Å². The zero-order valence-corrected chi connectivity index (χ0v) is 7.69. The number of hydrogen-bond donors (Lipinski definition) is 1. The van der Waals surface area contributed by atoms with Crippen LogP contribution in [-0.4, -0.2) is 30.2 Å². The van der Waals surface area contributed by atoms with E-state index in [4.69, 9.17) is 4.74 Å². The van der Waals surface area contributed by atoms with Gasteiger partial charge in [-0.1, -0.05) is 0 Å². The maximum absolute atomic E-state index is 10.5. The molecule has 6 nitrogen and oxygen atoms in total. The van der Waals surface area contributed by atoms with Crippen molar-refractivity contribution < 1.29 is 9.66 Å². The van der Waals surface area contributed by atoms with E-state index >= 15 is 0 Å². The average molecular weight is 196 g/mol. The van der Waals surface area contributed by atoms with Gasteiger partial charge in [-0.2, -0.15) is 0 Å². The van der Waals surface area contributed by atoms with Crippen LogP contribution in [0.5, 0.6) is 0 Å². The Morgan fingerprint density at radius 2 is 2.57 bits per heavy atom. The van der Waals surface area contributed by atoms with Crippen LogP contribution in [0.4, 0.5) is 11.5 Å². The zero-order chi connectivity index (χ0) is 10.4. The van der Waals surface area contributed by atoms with Gasteiger partial charge in [0.25, 0.3) is 0 Å². The highest BCUT2D eigenvalue weighted by atomic mass is 16.6. The molecule has 1 radical (unpaired) electrons. The van der Waals surface area contributed by atoms with Gasteiger partial charge < -0.3 is 10.1 Å². The van der Waals surface area contributed by atoms with E-state index in [1.807, 2.05) is 0 Å². The Labute approximate surface area is 81.1 Å². The highest BCUT2D eigenvalue weighted by Crippen LogP contribution is 2.19. The van der Waals surface area contributed by atoms with Gasteiger partial charge in [0.15, 0.2) is 0 Å². The number of rotatable bonds is 5. The van der Waals surface area contributed by atoms with E-state index in [-0.39, 0.29) is 11.5 Å². The van der Waals surface area contributed by atoms with E-state index in [9.17, 15) is 10.1 Å². The molecule has 0 aliphatic rings. The fourth-order valence-corrected chi connectivity index (χ4v) is 0.903. The van der Waals surface area contributed by atoms with Gasteiger partial charge >= 0.3 is 5.69 Å². The second-order valence-electron chi connectivity index (χ2n) is 2.48. The Hall–Kier alpha value is -1.69. The van der Waals surface area contributed by atoms with Crippen molar-refractivity contribution in [3.05, 3.63) is 28.4 Å². The summed E-state index contributed by atoms with van der Waals surface area (Å²) in [6.45, 7) is 0.940. The van der Waals surface area contributed by atoms with Crippen LogP contribution in [0, 0.1) is 16.3 Å². The SMILES string of the molecule is COCCNc1n[c]ccc1[N+](=O)[O-]. The third kappa shape index (κ3) is 2.67. The Balaban J connectivity index is 2.69. The molecule has 1 N–H and O–H groups in total. The van der Waals surface area contributed by atoms with E-state index in [1.165, 1.54) is 12.1 Å². The topological polar surface area (TPSA) is 77.3 Å². The first-order valence-corrected chi connectivity index (χ1v) is 4.00. The van der Waals surface area contributed by atoms with Crippen LogP contribution < -0.4 is 5.32 Å². The Kier molecular flexibility index (Phi) is 3.81. The predicted molar refractivity (Wildman–Crippen MR) is 50.1 cm³/mol. The minimum Gasteiger partial charge on any atom is -0.383 e. The summed E-state index contributed by atoms with van der Waals surface area (Å²) in [6.07, 6.45) is 2.53. The van der Waals surface area contributed by atoms with E-state index in [0.717, 1.165) is 0 Å². The highest BCUT2D eigenvalue weighted by Gasteiger charge is 2.12. The number of anilines is 1. The summed E-state index contributed by atoms with van der Waals surface area (Å²) in [4.78, 5) is 13.8. The van der Waals surface area contributed by atoms with Crippen LogP contribution >= 0.6 is 0 Å². The number of ether oxygens (including phenoxy) is 1. The quantitative estimate of drug-likeness (QED) is 0.429. The van der Waals surface area contributed by atoms with Crippen molar-refractivity contribution in [2.75, 3.05) is 25.6 Å². The molecule has 0 atom stereocenters. The number of aromatic nitrogens is 1. The van der Waals surface area contributed by atoms with Crippen molar-refractivity contribution in [2.24, 2.45) is 0 Å². The summed E-state index contributed by atoms with van der Waals surface area (Å²) in [5, 5.41) is 13.3. The van der Waals surface area contributed by atoms with Crippen LogP contribution in [0.1, 0.15) is 0 Å². The number of pyridine rings is 1. The Morgan fingerprint density at radius 3 is 3.21 bits per heavy atom. The molecule has 1 heterocycles. The van der Waals surface area contributed by atoms with Crippen molar-refractivity contribution >= 4 is 11.5 Å². The van der Waals surface area contributed by atoms with Crippen molar-refractivity contribution in [3.8, 4) is 0 Å². The van der Waals surface area contributed by atoms with Gasteiger partial charge in [-0.15, -0.1) is 0 Å². The summed E-state index contributed by atoms with van der Waals surface area (Å²) in [7, 11) is 1.56. The van der Waals surface area contributed by atoms with Gasteiger partial charge in [-0.05, 0) is 6.07 Å². The van der Waals surface area contributed by atoms with Gasteiger partial charge in [0.05, 0.1) is 17.7 Å². The second kappa shape index (κ2) is 5.13. The summed E-state index contributed by atoms with van der Waals surface area (Å²) in [5.74, 6) is 0.217. The first kappa shape index (κ1) is 10.4. The van der Waals surface area contributed by atoms with Crippen LogP contribution in [0.25, 0.3) is 0 Å². The molecule has 0 unspecified atom stereocenters. The third-order valence-corrected chi connectivity index (χ3v) is 1.53. The highest BCUT2D eigenvalue weighted by molar-refractivity contribution is 5.54. The molecule has 1 aromatic rings. The largest absolute Gasteiger partial charge is 0.383 e. The van der Waals surface area contributed by atoms with E-state index in [0.29, 0.717) is 13.2 Å². The van der Waals surface area contributed by atoms with Crippen LogP contribution in [-0.2, 0) is 4.74 Å². The summed E-state index contributed by atoms with van der Waals surface area (Å²) >= 11 is 0. The van der Waals surface area contributed by atoms with Crippen LogP contribution in [0.2, 0.25) is 0 Å². The maximum atomic E-state index is 10.5. The van der Waals surface area contributed by atoms with Gasteiger partial charge in [0, 0.05) is 19.7 Å². The minimum absolute atomic E-state index is 0.0557. The fourth-order valence-electron chi connectivity index (χ4n) is 0.903. The molecule has 1 rings (SSSR count). The van der Waals surface area contributed by atoms with Crippen molar-refractivity contribution in [3.63, 3.8) is 0 Å². The maximum Gasteiger partial charge on any atom is 0.311 e. The zero-order valence-electron chi connectivity index (χ0n) is 7.69. The molecular formula is C8H10N3O3. The normalized spacial score (nSPS) is 9.79. The molecule has 6 heteroatoms. The average Bonchev–Trinajstić information content (AvgIpc) is 2.19. The molecule has 0 fully saturated rings. The third-order valence-electron chi connectivity index (χ3n) is 1.53. The Morgan fingerprint density at radius 1 is 1.79 bits per heavy atom. The predicted octanol–water partition coefficient (Wildman–Crippen LogP) is 0.848. The van der Waals surface area contributed by atoms with Crippen molar-refractivity contribution in [1.82, 2.24) is 4.98 Å². The number of nitrogens with one attached hydrogen (secondary N) is 1. The molecule has 1 aromatic heterocycles. The summed E-state index contributed by atoms with van der Waals surface area (Å²) < 4.78 is 4.79. The lowest BCUT2D eigenvalue weighted by Crippen LogP contribution is -2.10. The summed E-state index contributed by atoms with van der Waals surface area (Å²) in [5.41, 5.74) is -0.0557. The van der Waals surface area contributed by atoms with Gasteiger partial charge in [-0.25, -0.2) is 4.98 Å². The lowest BCUT2D eigenvalue weighted by Gasteiger charge is -2.03. The van der Waals surface area contributed by atoms with Crippen molar-refractivity contribution in [1.29, 1.82) is 0 Å². The smallest absolute Gasteiger partial charge is 0.311 e. The molecular weight excluding hydrogens is 186 g/mol. The fraction of sp³-hybridized carbons (Fsp3) is 0.375. The minimum atomic E-state index is -0.490. The molecule has 0 spiro atoms. The standard InChI is InChI=1S/C8H10N3O3/c1-14-6-5-10-8-7(11(12)13)3-2-4-9-8/h2-3H,5-6H2,1H3,(H,9,10). The molecule has 0 aromatic carbocycles. The molecule has 0 aliphatic carbocycles. The van der Waals surface area contributed by atoms with Crippen LogP contribution in [0.15, 0.2) is 12.1 Å². The second-order valence-corrected chi connectivity index (χ2v) is 2.48. The molecule has 0 saturated heterocycles. The molecule has 75 valence electrons. The number of nitro groups is 1. The van der Waals surface area contributed by atoms with Gasteiger partial charge in [0.1, 0.15) is 0 Å². The number of methoxy groups -OCH3 is 1. The monoisotopic (exact) mass is 196 g/mol. The van der Waals surface area contributed by atoms with E-state index in [2.05, 4.69) is 16.5 Å².